The lowest BCUT2D eigenvalue weighted by Gasteiger charge is -2.41. The second kappa shape index (κ2) is 19.0. The van der Waals surface area contributed by atoms with Crippen LogP contribution in [0.2, 0.25) is 0 Å². The van der Waals surface area contributed by atoms with Crippen LogP contribution in [0.1, 0.15) is 25.0 Å². The van der Waals surface area contributed by atoms with Gasteiger partial charge in [0, 0.05) is 0 Å². The number of amidine groups is 1. The van der Waals surface area contributed by atoms with Crippen LogP contribution < -0.4 is 19.9 Å². The van der Waals surface area contributed by atoms with Gasteiger partial charge < -0.3 is 84.9 Å². The van der Waals surface area contributed by atoms with Crippen LogP contribution in [-0.4, -0.2) is 159 Å². The molecule has 12 atom stereocenters. The number of methoxy groups -OCH3 is 2. The largest absolute Gasteiger partial charge is 0.504 e. The highest BCUT2D eigenvalue weighted by molar-refractivity contribution is 5.85. The molecule has 304 valence electrons. The van der Waals surface area contributed by atoms with Gasteiger partial charge in [0.15, 0.2) is 41.2 Å². The Hall–Kier alpha value is -3.37. The summed E-state index contributed by atoms with van der Waals surface area (Å²) in [4.78, 5) is 0. The van der Waals surface area contributed by atoms with Gasteiger partial charge in [-0.05, 0) is 73.9 Å². The Bertz CT molecular complexity index is 1510. The Morgan fingerprint density at radius 3 is 1.57 bits per heavy atom. The molecule has 2 aromatic carbocycles. The predicted molar refractivity (Wildman–Crippen MR) is 188 cm³/mol. The molecule has 18 heteroatoms. The lowest BCUT2D eigenvalue weighted by molar-refractivity contribution is -0.308. The molecule has 2 aliphatic rings. The van der Waals surface area contributed by atoms with Crippen molar-refractivity contribution in [2.75, 3.05) is 40.6 Å². The summed E-state index contributed by atoms with van der Waals surface area (Å²) in [5.41, 5.74) is 5.95. The first kappa shape index (κ1) is 43.4. The first-order valence-electron chi connectivity index (χ1n) is 17.5. The van der Waals surface area contributed by atoms with Gasteiger partial charge in [-0.25, -0.2) is 0 Å². The van der Waals surface area contributed by atoms with E-state index in [0.717, 1.165) is 0 Å². The minimum absolute atomic E-state index is 0.0970. The van der Waals surface area contributed by atoms with Crippen molar-refractivity contribution < 1.29 is 79.1 Å². The minimum Gasteiger partial charge on any atom is -0.504 e. The van der Waals surface area contributed by atoms with E-state index in [-0.39, 0.29) is 43.4 Å². The molecule has 2 fully saturated rings. The third kappa shape index (κ3) is 10.3. The summed E-state index contributed by atoms with van der Waals surface area (Å²) in [7, 11) is 2.84. The zero-order chi connectivity index (χ0) is 39.9. The number of phenols is 1. The van der Waals surface area contributed by atoms with E-state index in [1.165, 1.54) is 20.3 Å². The lowest BCUT2D eigenvalue weighted by atomic mass is 9.83. The van der Waals surface area contributed by atoms with E-state index >= 15 is 0 Å². The number of aliphatic hydroxyl groups is 8. The summed E-state index contributed by atoms with van der Waals surface area (Å²) in [6.07, 6.45) is -14.9. The Morgan fingerprint density at radius 1 is 0.704 bits per heavy atom. The summed E-state index contributed by atoms with van der Waals surface area (Å²) in [6.45, 7) is 1.57. The summed E-state index contributed by atoms with van der Waals surface area (Å²) >= 11 is 0. The molecular formula is C36H54N2O16. The number of ether oxygens (including phenoxy) is 7. The third-order valence-corrected chi connectivity index (χ3v) is 9.79. The zero-order valence-electron chi connectivity index (χ0n) is 30.6. The minimum atomic E-state index is -1.69. The maximum Gasteiger partial charge on any atom is 0.186 e. The van der Waals surface area contributed by atoms with Crippen LogP contribution in [-0.2, 0) is 31.8 Å². The number of rotatable bonds is 18. The SMILES string of the molecule is COc1cc(C[C@H](CO[C@@H]2O[C@H](CO)[C@@H](O)[C@H](O)[C@@H]2O)[C@@H](CO[C@H]2O[C@H](CO)[C@@H](O)[C@H](O)[C@@H]2O)Cc2ccc(OC(C)(C)C(=N)N)c(OC)c2)ccc1O. The summed E-state index contributed by atoms with van der Waals surface area (Å²) in [6, 6.07) is 9.87. The Balaban J connectivity index is 1.71. The van der Waals surface area contributed by atoms with Crippen LogP contribution in [0.25, 0.3) is 0 Å². The molecule has 18 nitrogen and oxygen atoms in total. The molecule has 0 unspecified atom stereocenters. The molecule has 2 saturated heterocycles. The molecule has 2 aromatic rings. The first-order chi connectivity index (χ1) is 25.5. The van der Waals surface area contributed by atoms with Gasteiger partial charge in [0.2, 0.25) is 0 Å². The van der Waals surface area contributed by atoms with Crippen LogP contribution in [0, 0.1) is 17.2 Å². The molecule has 0 saturated carbocycles. The van der Waals surface area contributed by atoms with Gasteiger partial charge in [0.1, 0.15) is 54.7 Å². The highest BCUT2D eigenvalue weighted by atomic mass is 16.7. The number of hydrogen-bond acceptors (Lipinski definition) is 17. The molecule has 0 amide bonds. The Kier molecular flexibility index (Phi) is 15.2. The second-order valence-electron chi connectivity index (χ2n) is 14.0. The van der Waals surface area contributed by atoms with Crippen LogP contribution in [0.5, 0.6) is 23.0 Å². The molecule has 12 N–H and O–H groups in total. The van der Waals surface area contributed by atoms with Crippen LogP contribution in [0.4, 0.5) is 0 Å². The maximum absolute atomic E-state index is 10.7. The Labute approximate surface area is 312 Å². The van der Waals surface area contributed by atoms with Crippen molar-refractivity contribution in [3.8, 4) is 23.0 Å². The monoisotopic (exact) mass is 770 g/mol. The first-order valence-corrected chi connectivity index (χ1v) is 17.5. The van der Waals surface area contributed by atoms with E-state index in [0.29, 0.717) is 22.6 Å². The lowest BCUT2D eigenvalue weighted by Crippen LogP contribution is -2.59. The predicted octanol–water partition coefficient (Wildman–Crippen LogP) is -1.85. The average Bonchev–Trinajstić information content (AvgIpc) is 3.15. The van der Waals surface area contributed by atoms with E-state index < -0.39 is 92.1 Å². The molecule has 0 bridgehead atoms. The molecule has 0 aromatic heterocycles. The van der Waals surface area contributed by atoms with Crippen molar-refractivity contribution in [2.45, 2.75) is 93.7 Å². The number of hydrogen-bond donors (Lipinski definition) is 11. The van der Waals surface area contributed by atoms with E-state index in [1.54, 1.807) is 44.2 Å². The van der Waals surface area contributed by atoms with Gasteiger partial charge in [0.25, 0.3) is 0 Å². The molecule has 4 rings (SSSR count). The average molecular weight is 771 g/mol. The van der Waals surface area contributed by atoms with Crippen molar-refractivity contribution in [3.05, 3.63) is 47.5 Å². The van der Waals surface area contributed by atoms with E-state index in [1.807, 2.05) is 0 Å². The summed E-state index contributed by atoms with van der Waals surface area (Å²) < 4.78 is 40.2. The highest BCUT2D eigenvalue weighted by Gasteiger charge is 2.46. The molecule has 0 radical (unpaired) electrons. The van der Waals surface area contributed by atoms with Gasteiger partial charge >= 0.3 is 0 Å². The van der Waals surface area contributed by atoms with Gasteiger partial charge in [0.05, 0.1) is 40.6 Å². The van der Waals surface area contributed by atoms with Gasteiger partial charge in [-0.15, -0.1) is 0 Å². The van der Waals surface area contributed by atoms with Gasteiger partial charge in [-0.1, -0.05) is 12.1 Å². The number of nitrogens with two attached hydrogens (primary N) is 1. The topological polar surface area (TPSA) is 297 Å². The van der Waals surface area contributed by atoms with Crippen LogP contribution >= 0.6 is 0 Å². The standard InChI is InChI=1S/C36H54N2O16/c1-36(2,35(37)38)54-22-8-6-18(12-24(22)49-4)10-20(16-51-34-32(47)30(45)28(43)26(14-40)53-34)19(9-17-5-7-21(41)23(11-17)48-3)15-50-33-31(46)29(44)27(42)25(13-39)52-33/h5-8,11-12,19-20,25-34,39-47H,9-10,13-16H2,1-4H3,(H3,37,38)/t19-,20-,25-,26-,27-,28-,29+,30+,31+,32+,33-,34+/m1/s1. The highest BCUT2D eigenvalue weighted by Crippen LogP contribution is 2.35. The Morgan fingerprint density at radius 2 is 1.15 bits per heavy atom. The number of phenolic OH excluding ortho intramolecular Hbond substituents is 1. The molecular weight excluding hydrogens is 716 g/mol. The molecule has 2 aliphatic heterocycles. The van der Waals surface area contributed by atoms with E-state index in [4.69, 9.17) is 44.3 Å². The number of aliphatic hydroxyl groups excluding tert-OH is 8. The van der Waals surface area contributed by atoms with Crippen molar-refractivity contribution in [1.29, 1.82) is 5.41 Å². The fourth-order valence-electron chi connectivity index (χ4n) is 6.28. The van der Waals surface area contributed by atoms with Gasteiger partial charge in [-0.2, -0.15) is 0 Å². The van der Waals surface area contributed by atoms with Crippen molar-refractivity contribution in [2.24, 2.45) is 17.6 Å². The molecule has 54 heavy (non-hydrogen) atoms. The van der Waals surface area contributed by atoms with E-state index in [9.17, 15) is 46.0 Å². The zero-order valence-corrected chi connectivity index (χ0v) is 30.6. The third-order valence-electron chi connectivity index (χ3n) is 9.79. The van der Waals surface area contributed by atoms with Crippen molar-refractivity contribution in [1.82, 2.24) is 0 Å². The summed E-state index contributed by atoms with van der Waals surface area (Å²) in [5.74, 6) is -0.610. The number of nitrogens with one attached hydrogen (secondary N) is 1. The fraction of sp³-hybridized carbons (Fsp3) is 0.639. The van der Waals surface area contributed by atoms with Crippen LogP contribution in [0.3, 0.4) is 0 Å². The maximum atomic E-state index is 10.7. The second-order valence-corrected chi connectivity index (χ2v) is 14.0. The van der Waals surface area contributed by atoms with Crippen molar-refractivity contribution >= 4 is 5.84 Å². The van der Waals surface area contributed by atoms with Crippen molar-refractivity contribution in [3.63, 3.8) is 0 Å². The number of aromatic hydroxyl groups is 1. The number of benzene rings is 2. The quantitative estimate of drug-likeness (QED) is 0.0586. The molecule has 0 aliphatic carbocycles. The molecule has 0 spiro atoms. The smallest absolute Gasteiger partial charge is 0.186 e. The fourth-order valence-corrected chi connectivity index (χ4v) is 6.28. The van der Waals surface area contributed by atoms with Crippen LogP contribution in [0.15, 0.2) is 36.4 Å². The van der Waals surface area contributed by atoms with Gasteiger partial charge in [-0.3, -0.25) is 5.41 Å². The molecule has 2 heterocycles. The normalized spacial score (nSPS) is 30.0. The summed E-state index contributed by atoms with van der Waals surface area (Å²) in [5, 5.41) is 100. The van der Waals surface area contributed by atoms with E-state index in [2.05, 4.69) is 0 Å².